The normalized spacial score (nSPS) is 15.3. The van der Waals surface area contributed by atoms with Crippen molar-refractivity contribution in [1.82, 2.24) is 4.31 Å². The molecule has 0 unspecified atom stereocenters. The first-order valence-corrected chi connectivity index (χ1v) is 13.7. The van der Waals surface area contributed by atoms with Gasteiger partial charge in [0.2, 0.25) is 26.0 Å². The van der Waals surface area contributed by atoms with Gasteiger partial charge in [0, 0.05) is 18.8 Å². The summed E-state index contributed by atoms with van der Waals surface area (Å²) >= 11 is 0. The maximum atomic E-state index is 12.8. The maximum absolute atomic E-state index is 12.8. The lowest BCUT2D eigenvalue weighted by atomic mass is 10.1. The van der Waals surface area contributed by atoms with Crippen molar-refractivity contribution in [2.45, 2.75) is 38.0 Å². The average molecular weight is 480 g/mol. The standard InChI is InChI=1S/C22H29N3O5S2/c1-17-13-18(2)15-20(14-17)25(31(3,27)28)16-22(26)23-19-7-9-21(10-8-19)32(29,30)24-11-5-4-6-12-24/h7-10,13-15H,4-6,11-12,16H2,1-3H3,(H,23,26). The number of hydrogen-bond acceptors (Lipinski definition) is 5. The SMILES string of the molecule is Cc1cc(C)cc(N(CC(=O)Nc2ccc(S(=O)(=O)N3CCCCC3)cc2)S(C)(=O)=O)c1. The van der Waals surface area contributed by atoms with E-state index < -0.39 is 32.5 Å². The highest BCUT2D eigenvalue weighted by molar-refractivity contribution is 7.92. The Morgan fingerprint density at radius 1 is 0.938 bits per heavy atom. The van der Waals surface area contributed by atoms with Gasteiger partial charge in [0.1, 0.15) is 6.54 Å². The summed E-state index contributed by atoms with van der Waals surface area (Å²) in [7, 11) is -7.25. The second-order valence-corrected chi connectivity index (χ2v) is 12.0. The highest BCUT2D eigenvalue weighted by Crippen LogP contribution is 2.23. The van der Waals surface area contributed by atoms with E-state index in [4.69, 9.17) is 0 Å². The predicted molar refractivity (Wildman–Crippen MR) is 126 cm³/mol. The van der Waals surface area contributed by atoms with E-state index in [2.05, 4.69) is 5.32 Å². The summed E-state index contributed by atoms with van der Waals surface area (Å²) in [6.07, 6.45) is 3.79. The molecule has 0 atom stereocenters. The number of amides is 1. The van der Waals surface area contributed by atoms with Crippen molar-refractivity contribution < 1.29 is 21.6 Å². The third-order valence-corrected chi connectivity index (χ3v) is 8.33. The monoisotopic (exact) mass is 479 g/mol. The lowest BCUT2D eigenvalue weighted by Crippen LogP contribution is -2.37. The Morgan fingerprint density at radius 2 is 1.50 bits per heavy atom. The van der Waals surface area contributed by atoms with Crippen LogP contribution in [0.25, 0.3) is 0 Å². The molecule has 1 N–H and O–H groups in total. The van der Waals surface area contributed by atoms with Crippen molar-refractivity contribution in [3.63, 3.8) is 0 Å². The van der Waals surface area contributed by atoms with E-state index in [1.807, 2.05) is 19.9 Å². The Balaban J connectivity index is 1.73. The van der Waals surface area contributed by atoms with E-state index in [9.17, 15) is 21.6 Å². The van der Waals surface area contributed by atoms with Gasteiger partial charge >= 0.3 is 0 Å². The lowest BCUT2D eigenvalue weighted by molar-refractivity contribution is -0.114. The van der Waals surface area contributed by atoms with E-state index in [-0.39, 0.29) is 4.90 Å². The summed E-state index contributed by atoms with van der Waals surface area (Å²) in [4.78, 5) is 12.8. The van der Waals surface area contributed by atoms with Gasteiger partial charge in [-0.05, 0) is 74.2 Å². The van der Waals surface area contributed by atoms with Crippen molar-refractivity contribution in [2.75, 3.05) is 35.5 Å². The van der Waals surface area contributed by atoms with Crippen molar-refractivity contribution in [3.8, 4) is 0 Å². The van der Waals surface area contributed by atoms with Gasteiger partial charge in [-0.15, -0.1) is 0 Å². The largest absolute Gasteiger partial charge is 0.325 e. The summed E-state index contributed by atoms with van der Waals surface area (Å²) in [6.45, 7) is 4.35. The minimum Gasteiger partial charge on any atom is -0.325 e. The zero-order chi connectivity index (χ0) is 23.5. The molecule has 0 bridgehead atoms. The Kier molecular flexibility index (Phi) is 7.26. The van der Waals surface area contributed by atoms with E-state index in [1.54, 1.807) is 12.1 Å². The second kappa shape index (κ2) is 9.60. The molecule has 3 rings (SSSR count). The number of nitrogens with zero attached hydrogens (tertiary/aromatic N) is 2. The van der Waals surface area contributed by atoms with Crippen molar-refractivity contribution in [3.05, 3.63) is 53.6 Å². The molecule has 0 spiro atoms. The number of anilines is 2. The first-order valence-electron chi connectivity index (χ1n) is 10.4. The molecule has 1 fully saturated rings. The number of nitrogens with one attached hydrogen (secondary N) is 1. The Hall–Kier alpha value is -2.43. The molecule has 0 saturated carbocycles. The number of rotatable bonds is 7. The third kappa shape index (κ3) is 5.87. The van der Waals surface area contributed by atoms with Crippen LogP contribution in [0.1, 0.15) is 30.4 Å². The van der Waals surface area contributed by atoms with Crippen molar-refractivity contribution >= 4 is 37.3 Å². The summed E-state index contributed by atoms with van der Waals surface area (Å²) in [6, 6.07) is 11.3. The quantitative estimate of drug-likeness (QED) is 0.658. The molecule has 8 nitrogen and oxygen atoms in total. The number of piperidine rings is 1. The summed E-state index contributed by atoms with van der Waals surface area (Å²) in [5, 5.41) is 2.65. The minimum atomic E-state index is -3.69. The first kappa shape index (κ1) is 24.2. The molecule has 1 amide bonds. The number of hydrogen-bond donors (Lipinski definition) is 1. The van der Waals surface area contributed by atoms with Crippen LogP contribution in [-0.4, -0.2) is 52.9 Å². The van der Waals surface area contributed by atoms with Crippen LogP contribution in [0, 0.1) is 13.8 Å². The molecule has 1 saturated heterocycles. The molecule has 0 aromatic heterocycles. The van der Waals surface area contributed by atoms with Crippen LogP contribution in [0.3, 0.4) is 0 Å². The van der Waals surface area contributed by atoms with Gasteiger partial charge in [-0.25, -0.2) is 16.8 Å². The number of sulfonamides is 2. The van der Waals surface area contributed by atoms with Crippen LogP contribution in [0.5, 0.6) is 0 Å². The van der Waals surface area contributed by atoms with Crippen LogP contribution in [0.15, 0.2) is 47.4 Å². The summed E-state index contributed by atoms with van der Waals surface area (Å²) in [5.41, 5.74) is 2.59. The molecule has 1 heterocycles. The van der Waals surface area contributed by atoms with E-state index >= 15 is 0 Å². The molecule has 2 aromatic carbocycles. The van der Waals surface area contributed by atoms with Gasteiger partial charge in [0.05, 0.1) is 16.8 Å². The predicted octanol–water partition coefficient (Wildman–Crippen LogP) is 2.88. The molecular formula is C22H29N3O5S2. The lowest BCUT2D eigenvalue weighted by Gasteiger charge is -2.26. The smallest absolute Gasteiger partial charge is 0.245 e. The fourth-order valence-electron chi connectivity index (χ4n) is 3.79. The molecule has 1 aliphatic heterocycles. The highest BCUT2D eigenvalue weighted by Gasteiger charge is 2.26. The molecule has 0 radical (unpaired) electrons. The van der Waals surface area contributed by atoms with Crippen LogP contribution in [0.2, 0.25) is 0 Å². The van der Waals surface area contributed by atoms with Gasteiger partial charge in [-0.3, -0.25) is 9.10 Å². The van der Waals surface area contributed by atoms with Gasteiger partial charge in [-0.2, -0.15) is 4.31 Å². The summed E-state index contributed by atoms with van der Waals surface area (Å²) < 4.78 is 52.7. The molecule has 2 aromatic rings. The fourth-order valence-corrected chi connectivity index (χ4v) is 6.15. The van der Waals surface area contributed by atoms with Gasteiger partial charge < -0.3 is 5.32 Å². The Labute approximate surface area is 190 Å². The number of aryl methyl sites for hydroxylation is 2. The molecule has 32 heavy (non-hydrogen) atoms. The third-order valence-electron chi connectivity index (χ3n) is 5.27. The molecule has 0 aliphatic carbocycles. The van der Waals surface area contributed by atoms with Crippen molar-refractivity contribution in [2.24, 2.45) is 0 Å². The first-order chi connectivity index (χ1) is 15.0. The number of carbonyl (C=O) groups is 1. The van der Waals surface area contributed by atoms with Crippen LogP contribution < -0.4 is 9.62 Å². The van der Waals surface area contributed by atoms with E-state index in [0.717, 1.165) is 41.0 Å². The molecule has 1 aliphatic rings. The maximum Gasteiger partial charge on any atom is 0.245 e. The average Bonchev–Trinajstić information content (AvgIpc) is 2.71. The van der Waals surface area contributed by atoms with Gasteiger partial charge in [-0.1, -0.05) is 12.5 Å². The molecular weight excluding hydrogens is 450 g/mol. The van der Waals surface area contributed by atoms with E-state index in [0.29, 0.717) is 24.5 Å². The van der Waals surface area contributed by atoms with Gasteiger partial charge in [0.25, 0.3) is 0 Å². The topological polar surface area (TPSA) is 104 Å². The second-order valence-electron chi connectivity index (χ2n) is 8.15. The Morgan fingerprint density at radius 3 is 2.03 bits per heavy atom. The number of carbonyl (C=O) groups excluding carboxylic acids is 1. The van der Waals surface area contributed by atoms with Crippen LogP contribution in [-0.2, 0) is 24.8 Å². The van der Waals surface area contributed by atoms with Crippen molar-refractivity contribution in [1.29, 1.82) is 0 Å². The van der Waals surface area contributed by atoms with Crippen LogP contribution >= 0.6 is 0 Å². The zero-order valence-corrected chi connectivity index (χ0v) is 20.2. The molecule has 10 heteroatoms. The van der Waals surface area contributed by atoms with Crippen LogP contribution in [0.4, 0.5) is 11.4 Å². The van der Waals surface area contributed by atoms with E-state index in [1.165, 1.54) is 28.6 Å². The summed E-state index contributed by atoms with van der Waals surface area (Å²) in [5.74, 6) is -0.527. The minimum absolute atomic E-state index is 0.172. The highest BCUT2D eigenvalue weighted by atomic mass is 32.2. The zero-order valence-electron chi connectivity index (χ0n) is 18.5. The fraction of sp³-hybridized carbons (Fsp3) is 0.409. The Bertz CT molecular complexity index is 1170. The number of benzene rings is 2. The van der Waals surface area contributed by atoms with Gasteiger partial charge in [0.15, 0.2) is 0 Å². The molecule has 174 valence electrons.